The molecule has 6 nitrogen and oxygen atoms in total. The monoisotopic (exact) mass is 161 g/mol. The summed E-state index contributed by atoms with van der Waals surface area (Å²) in [6, 6.07) is -1.57. The van der Waals surface area contributed by atoms with Gasteiger partial charge in [-0.2, -0.15) is 0 Å². The number of nitrogens with two attached hydrogens (primary N) is 1. The van der Waals surface area contributed by atoms with Crippen LogP contribution in [0.1, 0.15) is 0 Å². The van der Waals surface area contributed by atoms with Crippen LogP contribution in [0.4, 0.5) is 4.79 Å². The normalized spacial score (nSPS) is 11.8. The van der Waals surface area contributed by atoms with Gasteiger partial charge in [-0.05, 0) is 0 Å². The first-order valence-electron chi connectivity index (χ1n) is 3.03. The van der Waals surface area contributed by atoms with Crippen LogP contribution >= 0.6 is 0 Å². The lowest BCUT2D eigenvalue weighted by molar-refractivity contribution is -0.138. The third kappa shape index (κ3) is 3.41. The van der Waals surface area contributed by atoms with Crippen molar-refractivity contribution in [3.63, 3.8) is 0 Å². The minimum absolute atomic E-state index is 0.122. The quantitative estimate of drug-likeness (QED) is 0.397. The van der Waals surface area contributed by atoms with Crippen LogP contribution in [0.25, 0.3) is 0 Å². The van der Waals surface area contributed by atoms with Crippen LogP contribution in [0.15, 0.2) is 0 Å². The maximum Gasteiger partial charge on any atom is 0.327 e. The van der Waals surface area contributed by atoms with Crippen molar-refractivity contribution < 1.29 is 14.7 Å². The molecule has 6 heteroatoms. The molecule has 0 fully saturated rings. The molecule has 0 aliphatic rings. The largest absolute Gasteiger partial charge is 0.480 e. The van der Waals surface area contributed by atoms with Crippen LogP contribution in [0, 0.1) is 0 Å². The second kappa shape index (κ2) is 4.51. The molecule has 0 radical (unpaired) electrons. The first-order chi connectivity index (χ1) is 5.11. The van der Waals surface area contributed by atoms with Crippen molar-refractivity contribution >= 4 is 12.0 Å². The van der Waals surface area contributed by atoms with Gasteiger partial charge in [-0.3, -0.25) is 0 Å². The Labute approximate surface area is 63.8 Å². The zero-order valence-electron chi connectivity index (χ0n) is 6.13. The molecule has 64 valence electrons. The Hall–Kier alpha value is -1.30. The van der Waals surface area contributed by atoms with E-state index in [0.717, 1.165) is 0 Å². The summed E-state index contributed by atoms with van der Waals surface area (Å²) >= 11 is 0. The number of carbonyl (C=O) groups is 2. The van der Waals surface area contributed by atoms with E-state index in [1.165, 1.54) is 7.05 Å². The molecule has 0 saturated carbocycles. The molecule has 11 heavy (non-hydrogen) atoms. The van der Waals surface area contributed by atoms with E-state index in [-0.39, 0.29) is 6.54 Å². The van der Waals surface area contributed by atoms with Gasteiger partial charge in [0.2, 0.25) is 0 Å². The van der Waals surface area contributed by atoms with Gasteiger partial charge >= 0.3 is 12.0 Å². The van der Waals surface area contributed by atoms with Crippen molar-refractivity contribution in [2.45, 2.75) is 6.04 Å². The molecule has 1 atom stereocenters. The number of hydrogen-bond acceptors (Lipinski definition) is 3. The zero-order valence-corrected chi connectivity index (χ0v) is 6.13. The second-order valence-corrected chi connectivity index (χ2v) is 1.85. The highest BCUT2D eigenvalue weighted by Gasteiger charge is 2.16. The van der Waals surface area contributed by atoms with Crippen LogP contribution in [0.3, 0.4) is 0 Å². The van der Waals surface area contributed by atoms with Crippen molar-refractivity contribution in [2.75, 3.05) is 13.6 Å². The summed E-state index contributed by atoms with van der Waals surface area (Å²) in [4.78, 5) is 20.8. The van der Waals surface area contributed by atoms with Gasteiger partial charge in [0.25, 0.3) is 0 Å². The highest BCUT2D eigenvalue weighted by atomic mass is 16.4. The van der Waals surface area contributed by atoms with Crippen molar-refractivity contribution in [3.8, 4) is 0 Å². The molecular formula is C5H11N3O3. The van der Waals surface area contributed by atoms with E-state index in [9.17, 15) is 9.59 Å². The molecule has 0 heterocycles. The lowest BCUT2D eigenvalue weighted by Crippen LogP contribution is -2.48. The molecular weight excluding hydrogens is 150 g/mol. The maximum absolute atomic E-state index is 10.5. The summed E-state index contributed by atoms with van der Waals surface area (Å²) in [5, 5.41) is 12.8. The Morgan fingerprint density at radius 2 is 2.18 bits per heavy atom. The molecule has 5 N–H and O–H groups in total. The average Bonchev–Trinajstić information content (AvgIpc) is 1.99. The molecule has 0 unspecified atom stereocenters. The van der Waals surface area contributed by atoms with Crippen LogP contribution in [0.2, 0.25) is 0 Å². The zero-order chi connectivity index (χ0) is 8.85. The van der Waals surface area contributed by atoms with E-state index >= 15 is 0 Å². The number of carboxylic acids is 1. The molecule has 0 saturated heterocycles. The van der Waals surface area contributed by atoms with Crippen LogP contribution in [-0.4, -0.2) is 36.7 Å². The molecule has 0 aromatic heterocycles. The van der Waals surface area contributed by atoms with Gasteiger partial charge in [0.05, 0.1) is 0 Å². The number of hydrogen-bond donors (Lipinski definition) is 4. The molecule has 2 amide bonds. The Morgan fingerprint density at radius 1 is 1.64 bits per heavy atom. The number of carboxylic acid groups (broad SMARTS) is 1. The number of rotatable bonds is 3. The van der Waals surface area contributed by atoms with E-state index in [2.05, 4.69) is 10.6 Å². The lowest BCUT2D eigenvalue weighted by atomic mass is 10.3. The van der Waals surface area contributed by atoms with Crippen LogP contribution in [0.5, 0.6) is 0 Å². The van der Waals surface area contributed by atoms with E-state index in [4.69, 9.17) is 10.8 Å². The van der Waals surface area contributed by atoms with Gasteiger partial charge in [-0.25, -0.2) is 9.59 Å². The van der Waals surface area contributed by atoms with Crippen molar-refractivity contribution in [1.82, 2.24) is 10.6 Å². The topological polar surface area (TPSA) is 104 Å². The Kier molecular flexibility index (Phi) is 3.97. The fraction of sp³-hybridized carbons (Fsp3) is 0.600. The summed E-state index contributed by atoms with van der Waals surface area (Å²) in [6.45, 7) is -0.122. The molecule has 0 spiro atoms. The molecule has 0 aromatic carbocycles. The Balaban J connectivity index is 3.88. The standard InChI is InChI=1S/C5H11N3O3/c1-7-5(11)8-3(2-6)4(9)10/h3H,2,6H2,1H3,(H,9,10)(H2,7,8,11)/t3-/m0/s1. The van der Waals surface area contributed by atoms with Crippen molar-refractivity contribution in [2.24, 2.45) is 5.73 Å². The summed E-state index contributed by atoms with van der Waals surface area (Å²) in [6.07, 6.45) is 0. The van der Waals surface area contributed by atoms with Gasteiger partial charge in [-0.15, -0.1) is 0 Å². The number of nitrogens with one attached hydrogen (secondary N) is 2. The Bertz CT molecular complexity index is 159. The summed E-state index contributed by atoms with van der Waals surface area (Å²) in [5.41, 5.74) is 5.05. The minimum Gasteiger partial charge on any atom is -0.480 e. The van der Waals surface area contributed by atoms with Crippen LogP contribution in [-0.2, 0) is 4.79 Å². The van der Waals surface area contributed by atoms with Gasteiger partial charge in [0.15, 0.2) is 0 Å². The van der Waals surface area contributed by atoms with Gasteiger partial charge < -0.3 is 21.5 Å². The smallest absolute Gasteiger partial charge is 0.327 e. The van der Waals surface area contributed by atoms with Gasteiger partial charge in [0, 0.05) is 13.6 Å². The van der Waals surface area contributed by atoms with E-state index in [1.54, 1.807) is 0 Å². The van der Waals surface area contributed by atoms with Gasteiger partial charge in [0.1, 0.15) is 6.04 Å². The number of carbonyl (C=O) groups excluding carboxylic acids is 1. The first-order valence-corrected chi connectivity index (χ1v) is 3.03. The second-order valence-electron chi connectivity index (χ2n) is 1.85. The number of urea groups is 1. The lowest BCUT2D eigenvalue weighted by Gasteiger charge is -2.10. The highest BCUT2D eigenvalue weighted by Crippen LogP contribution is 1.79. The predicted molar refractivity (Wildman–Crippen MR) is 38.1 cm³/mol. The van der Waals surface area contributed by atoms with E-state index < -0.39 is 18.0 Å². The third-order valence-corrected chi connectivity index (χ3v) is 1.07. The summed E-state index contributed by atoms with van der Waals surface area (Å²) in [7, 11) is 1.39. The first kappa shape index (κ1) is 9.70. The SMILES string of the molecule is CNC(=O)N[C@@H](CN)C(=O)O. The summed E-state index contributed by atoms with van der Waals surface area (Å²) < 4.78 is 0. The molecule has 0 aliphatic heterocycles. The van der Waals surface area contributed by atoms with E-state index in [0.29, 0.717) is 0 Å². The van der Waals surface area contributed by atoms with Crippen molar-refractivity contribution in [3.05, 3.63) is 0 Å². The molecule has 0 bridgehead atoms. The number of amides is 2. The third-order valence-electron chi connectivity index (χ3n) is 1.07. The predicted octanol–water partition coefficient (Wildman–Crippen LogP) is -1.67. The molecule has 0 rings (SSSR count). The molecule has 0 aliphatic carbocycles. The molecule has 0 aromatic rings. The maximum atomic E-state index is 10.5. The fourth-order valence-electron chi connectivity index (χ4n) is 0.452. The number of aliphatic carboxylic acids is 1. The minimum atomic E-state index is -1.14. The van der Waals surface area contributed by atoms with Crippen molar-refractivity contribution in [1.29, 1.82) is 0 Å². The fourth-order valence-corrected chi connectivity index (χ4v) is 0.452. The van der Waals surface area contributed by atoms with Crippen LogP contribution < -0.4 is 16.4 Å². The van der Waals surface area contributed by atoms with E-state index in [1.807, 2.05) is 0 Å². The summed E-state index contributed by atoms with van der Waals surface area (Å²) in [5.74, 6) is -1.14. The highest BCUT2D eigenvalue weighted by molar-refractivity contribution is 5.82. The van der Waals surface area contributed by atoms with Gasteiger partial charge in [-0.1, -0.05) is 0 Å². The average molecular weight is 161 g/mol. The Morgan fingerprint density at radius 3 is 2.45 bits per heavy atom.